The monoisotopic (exact) mass is 274 g/mol. The lowest BCUT2D eigenvalue weighted by Crippen LogP contribution is -2.37. The number of esters is 1. The lowest BCUT2D eigenvalue weighted by Gasteiger charge is -2.27. The summed E-state index contributed by atoms with van der Waals surface area (Å²) in [5.41, 5.74) is -0.742. The fourth-order valence-electron chi connectivity index (χ4n) is 1.03. The van der Waals surface area contributed by atoms with Gasteiger partial charge in [0.2, 0.25) is 0 Å². The average Bonchev–Trinajstić information content (AvgIpc) is 2.14. The second kappa shape index (κ2) is 5.92. The molecule has 3 nitrogen and oxygen atoms in total. The first kappa shape index (κ1) is 15.0. The van der Waals surface area contributed by atoms with Crippen LogP contribution >= 0.6 is 34.8 Å². The lowest BCUT2D eigenvalue weighted by atomic mass is 9.83. The van der Waals surface area contributed by atoms with Gasteiger partial charge in [-0.2, -0.15) is 0 Å². The zero-order valence-electron chi connectivity index (χ0n) is 8.72. The Hall–Kier alpha value is 0.01000. The molecule has 0 fully saturated rings. The van der Waals surface area contributed by atoms with Gasteiger partial charge in [-0.3, -0.25) is 9.59 Å². The molecule has 1 atom stereocenters. The average molecular weight is 276 g/mol. The minimum atomic E-state index is -1.18. The summed E-state index contributed by atoms with van der Waals surface area (Å²) in [6.45, 7) is 3.35. The topological polar surface area (TPSA) is 43.4 Å². The number of halogens is 3. The van der Waals surface area contributed by atoms with Crippen molar-refractivity contribution in [2.45, 2.75) is 30.5 Å². The number of hydrogen-bond donors (Lipinski definition) is 0. The van der Waals surface area contributed by atoms with Crippen LogP contribution in [0.1, 0.15) is 20.3 Å². The molecule has 88 valence electrons. The summed E-state index contributed by atoms with van der Waals surface area (Å²) in [5, 5.41) is -0.920. The quantitative estimate of drug-likeness (QED) is 0.572. The standard InChI is InChI=1S/C9H13Cl3O3/c1-9(2,4-5(13)15-3)7(10)6(14)8(11)12/h7-8H,4H2,1-3H3. The molecular weight excluding hydrogens is 262 g/mol. The van der Waals surface area contributed by atoms with Crippen LogP contribution in [-0.4, -0.2) is 29.1 Å². The predicted molar refractivity (Wildman–Crippen MR) is 60.6 cm³/mol. The van der Waals surface area contributed by atoms with Gasteiger partial charge in [0, 0.05) is 0 Å². The Morgan fingerprint density at radius 1 is 1.27 bits per heavy atom. The van der Waals surface area contributed by atoms with Gasteiger partial charge in [-0.1, -0.05) is 37.0 Å². The Kier molecular flexibility index (Phi) is 5.93. The molecule has 0 spiro atoms. The summed E-state index contributed by atoms with van der Waals surface area (Å²) in [4.78, 5) is 21.3. The molecule has 1 unspecified atom stereocenters. The number of ether oxygens (including phenoxy) is 1. The van der Waals surface area contributed by atoms with E-state index in [0.717, 1.165) is 0 Å². The summed E-state index contributed by atoms with van der Waals surface area (Å²) in [5.74, 6) is -0.937. The third kappa shape index (κ3) is 4.58. The first-order chi connectivity index (χ1) is 6.72. The maximum Gasteiger partial charge on any atom is 0.306 e. The van der Waals surface area contributed by atoms with Crippen molar-refractivity contribution in [2.75, 3.05) is 7.11 Å². The van der Waals surface area contributed by atoms with Crippen molar-refractivity contribution in [2.24, 2.45) is 5.41 Å². The van der Waals surface area contributed by atoms with Gasteiger partial charge < -0.3 is 4.74 Å². The van der Waals surface area contributed by atoms with Crippen molar-refractivity contribution in [3.8, 4) is 0 Å². The van der Waals surface area contributed by atoms with Crippen LogP contribution in [-0.2, 0) is 14.3 Å². The molecule has 0 aromatic carbocycles. The molecule has 0 aromatic rings. The summed E-state index contributed by atoms with van der Waals surface area (Å²) in [6, 6.07) is 0. The highest BCUT2D eigenvalue weighted by atomic mass is 35.5. The van der Waals surface area contributed by atoms with Crippen LogP contribution in [0.3, 0.4) is 0 Å². The van der Waals surface area contributed by atoms with Gasteiger partial charge in [-0.05, 0) is 5.41 Å². The van der Waals surface area contributed by atoms with E-state index in [1.54, 1.807) is 13.8 Å². The smallest absolute Gasteiger partial charge is 0.306 e. The second-order valence-corrected chi connectivity index (χ2v) is 5.34. The van der Waals surface area contributed by atoms with Crippen LogP contribution in [0, 0.1) is 5.41 Å². The maximum atomic E-state index is 11.4. The molecule has 0 aromatic heterocycles. The molecule has 0 aliphatic rings. The van der Waals surface area contributed by atoms with Crippen molar-refractivity contribution >= 4 is 46.6 Å². The Bertz CT molecular complexity index is 251. The molecule has 0 aliphatic heterocycles. The van der Waals surface area contributed by atoms with Crippen LogP contribution in [0.25, 0.3) is 0 Å². The zero-order valence-corrected chi connectivity index (χ0v) is 11.0. The van der Waals surface area contributed by atoms with Crippen molar-refractivity contribution in [3.63, 3.8) is 0 Å². The fourth-order valence-corrected chi connectivity index (χ4v) is 1.61. The number of carbonyl (C=O) groups is 2. The maximum absolute atomic E-state index is 11.4. The summed E-state index contributed by atoms with van der Waals surface area (Å²) in [6.07, 6.45) is 0.0317. The SMILES string of the molecule is COC(=O)CC(C)(C)C(Cl)C(=O)C(Cl)Cl. The number of hydrogen-bond acceptors (Lipinski definition) is 3. The van der Waals surface area contributed by atoms with Gasteiger partial charge in [-0.25, -0.2) is 0 Å². The number of methoxy groups -OCH3 is 1. The van der Waals surface area contributed by atoms with E-state index < -0.39 is 27.4 Å². The van der Waals surface area contributed by atoms with E-state index in [1.165, 1.54) is 7.11 Å². The Morgan fingerprint density at radius 3 is 2.07 bits per heavy atom. The molecular formula is C9H13Cl3O3. The van der Waals surface area contributed by atoms with Crippen molar-refractivity contribution in [3.05, 3.63) is 0 Å². The third-order valence-corrected chi connectivity index (χ3v) is 3.21. The summed E-state index contributed by atoms with van der Waals surface area (Å²) < 4.78 is 4.50. The molecule has 0 N–H and O–H groups in total. The van der Waals surface area contributed by atoms with E-state index in [-0.39, 0.29) is 6.42 Å². The number of rotatable bonds is 5. The Labute approximate surface area is 104 Å². The highest BCUT2D eigenvalue weighted by Crippen LogP contribution is 2.32. The van der Waals surface area contributed by atoms with E-state index in [4.69, 9.17) is 34.8 Å². The minimum absolute atomic E-state index is 0.0317. The van der Waals surface area contributed by atoms with E-state index in [9.17, 15) is 9.59 Å². The molecule has 0 heterocycles. The minimum Gasteiger partial charge on any atom is -0.469 e. The molecule has 0 amide bonds. The molecule has 6 heteroatoms. The Morgan fingerprint density at radius 2 is 1.73 bits per heavy atom. The molecule has 0 saturated carbocycles. The Balaban J connectivity index is 4.57. The molecule has 15 heavy (non-hydrogen) atoms. The van der Waals surface area contributed by atoms with Gasteiger partial charge in [0.15, 0.2) is 10.6 Å². The highest BCUT2D eigenvalue weighted by Gasteiger charge is 2.37. The van der Waals surface area contributed by atoms with Gasteiger partial charge in [0.1, 0.15) is 5.38 Å². The predicted octanol–water partition coefficient (Wildman–Crippen LogP) is 2.56. The van der Waals surface area contributed by atoms with Gasteiger partial charge in [0.05, 0.1) is 13.5 Å². The normalized spacial score (nSPS) is 13.8. The van der Waals surface area contributed by atoms with E-state index in [2.05, 4.69) is 4.74 Å². The third-order valence-electron chi connectivity index (χ3n) is 1.98. The molecule has 0 saturated heterocycles. The number of carbonyl (C=O) groups excluding carboxylic acids is 2. The van der Waals surface area contributed by atoms with Crippen LogP contribution in [0.5, 0.6) is 0 Å². The number of Topliss-reactive ketones (excluding diaryl/α,β-unsaturated/α-hetero) is 1. The van der Waals surface area contributed by atoms with E-state index >= 15 is 0 Å². The molecule has 0 rings (SSSR count). The molecule has 0 aliphatic carbocycles. The van der Waals surface area contributed by atoms with Crippen molar-refractivity contribution in [1.82, 2.24) is 0 Å². The summed E-state index contributed by atoms with van der Waals surface area (Å²) >= 11 is 16.7. The van der Waals surface area contributed by atoms with Gasteiger partial charge in [0.25, 0.3) is 0 Å². The summed E-state index contributed by atoms with van der Waals surface area (Å²) in [7, 11) is 1.27. The number of ketones is 1. The van der Waals surface area contributed by atoms with Crippen molar-refractivity contribution in [1.29, 1.82) is 0 Å². The van der Waals surface area contributed by atoms with Crippen LogP contribution in [0.15, 0.2) is 0 Å². The van der Waals surface area contributed by atoms with Crippen LogP contribution in [0.2, 0.25) is 0 Å². The lowest BCUT2D eigenvalue weighted by molar-refractivity contribution is -0.143. The van der Waals surface area contributed by atoms with Crippen LogP contribution < -0.4 is 0 Å². The van der Waals surface area contributed by atoms with Gasteiger partial charge >= 0.3 is 5.97 Å². The second-order valence-electron chi connectivity index (χ2n) is 3.81. The first-order valence-corrected chi connectivity index (χ1v) is 5.56. The van der Waals surface area contributed by atoms with Crippen LogP contribution in [0.4, 0.5) is 0 Å². The first-order valence-electron chi connectivity index (χ1n) is 4.25. The largest absolute Gasteiger partial charge is 0.469 e. The fraction of sp³-hybridized carbons (Fsp3) is 0.778. The molecule has 0 bridgehead atoms. The highest BCUT2D eigenvalue weighted by molar-refractivity contribution is 6.56. The molecule has 0 radical (unpaired) electrons. The van der Waals surface area contributed by atoms with E-state index in [0.29, 0.717) is 0 Å². The van der Waals surface area contributed by atoms with Crippen molar-refractivity contribution < 1.29 is 14.3 Å². The number of alkyl halides is 3. The van der Waals surface area contributed by atoms with Gasteiger partial charge in [-0.15, -0.1) is 11.6 Å². The zero-order chi connectivity index (χ0) is 12.2. The van der Waals surface area contributed by atoms with E-state index in [1.807, 2.05) is 0 Å².